The van der Waals surface area contributed by atoms with Gasteiger partial charge in [-0.25, -0.2) is 4.79 Å². The quantitative estimate of drug-likeness (QED) is 0.503. The Bertz CT molecular complexity index is 1010. The lowest BCUT2D eigenvalue weighted by Gasteiger charge is -2.16. The van der Waals surface area contributed by atoms with Crippen molar-refractivity contribution >= 4 is 28.6 Å². The van der Waals surface area contributed by atoms with E-state index in [9.17, 15) is 4.79 Å². The van der Waals surface area contributed by atoms with Crippen molar-refractivity contribution in [3.05, 3.63) is 69.1 Å². The lowest BCUT2D eigenvalue weighted by Crippen LogP contribution is -2.12. The fraction of sp³-hybridized carbons (Fsp3) is 0.273. The number of nitrogens with one attached hydrogen (secondary N) is 1. The fourth-order valence-electron chi connectivity index (χ4n) is 3.20. The maximum absolute atomic E-state index is 12.6. The van der Waals surface area contributed by atoms with Crippen molar-refractivity contribution in [2.45, 2.75) is 34.1 Å². The van der Waals surface area contributed by atoms with Gasteiger partial charge in [-0.1, -0.05) is 36.8 Å². The first-order valence-corrected chi connectivity index (χ1v) is 8.91. The predicted molar refractivity (Wildman–Crippen MR) is 109 cm³/mol. The van der Waals surface area contributed by atoms with Crippen LogP contribution in [0.3, 0.4) is 0 Å². The number of nitrogens with zero attached hydrogens (tertiary/aromatic N) is 1. The molecule has 0 bridgehead atoms. The van der Waals surface area contributed by atoms with Crippen LogP contribution in [-0.2, 0) is 0 Å². The Balaban J connectivity index is 2.23. The molecule has 0 aliphatic heterocycles. The second kappa shape index (κ2) is 7.56. The van der Waals surface area contributed by atoms with Gasteiger partial charge in [0, 0.05) is 23.8 Å². The molecular weight excluding hydrogens is 324 g/mol. The van der Waals surface area contributed by atoms with Crippen molar-refractivity contribution in [2.75, 3.05) is 11.9 Å². The molecule has 0 radical (unpaired) electrons. The SMILES string of the molecule is CCCN=Cc1c(Nc2c(C)cc(C)cc2C)c2ccccc2oc1=O. The summed E-state index contributed by atoms with van der Waals surface area (Å²) in [4.78, 5) is 16.9. The average molecular weight is 348 g/mol. The molecule has 3 aromatic rings. The van der Waals surface area contributed by atoms with Gasteiger partial charge in [-0.15, -0.1) is 0 Å². The Labute approximate surface area is 153 Å². The van der Waals surface area contributed by atoms with Gasteiger partial charge in [-0.05, 0) is 50.5 Å². The molecule has 0 atom stereocenters. The van der Waals surface area contributed by atoms with E-state index in [1.165, 1.54) is 5.56 Å². The molecule has 0 aliphatic carbocycles. The first-order valence-electron chi connectivity index (χ1n) is 8.91. The molecule has 0 aliphatic rings. The van der Waals surface area contributed by atoms with Crippen molar-refractivity contribution < 1.29 is 4.42 Å². The maximum atomic E-state index is 12.6. The Hall–Kier alpha value is -2.88. The number of aryl methyl sites for hydroxylation is 3. The standard InChI is InChI=1S/C22H24N2O2/c1-5-10-23-13-18-21(17-8-6-7-9-19(17)26-22(18)25)24-20-15(3)11-14(2)12-16(20)4/h6-9,11-13,24H,5,10H2,1-4H3. The number of anilines is 2. The van der Waals surface area contributed by atoms with Crippen LogP contribution in [0, 0.1) is 20.8 Å². The minimum atomic E-state index is -0.381. The van der Waals surface area contributed by atoms with Crippen LogP contribution in [0.4, 0.5) is 11.4 Å². The lowest BCUT2D eigenvalue weighted by molar-refractivity contribution is 0.560. The molecule has 26 heavy (non-hydrogen) atoms. The van der Waals surface area contributed by atoms with Crippen LogP contribution in [0.1, 0.15) is 35.6 Å². The summed E-state index contributed by atoms with van der Waals surface area (Å²) in [5.41, 5.74) is 5.88. The number of hydrogen-bond acceptors (Lipinski definition) is 4. The number of fused-ring (bicyclic) bond motifs is 1. The maximum Gasteiger partial charge on any atom is 0.347 e. The van der Waals surface area contributed by atoms with E-state index in [0.29, 0.717) is 17.7 Å². The van der Waals surface area contributed by atoms with E-state index < -0.39 is 0 Å². The van der Waals surface area contributed by atoms with Crippen LogP contribution >= 0.6 is 0 Å². The molecule has 0 unspecified atom stereocenters. The van der Waals surface area contributed by atoms with Crippen LogP contribution in [-0.4, -0.2) is 12.8 Å². The molecule has 1 N–H and O–H groups in total. The smallest absolute Gasteiger partial charge is 0.347 e. The number of rotatable bonds is 5. The molecule has 4 nitrogen and oxygen atoms in total. The minimum absolute atomic E-state index is 0.381. The first kappa shape index (κ1) is 17.9. The van der Waals surface area contributed by atoms with Crippen molar-refractivity contribution in [3.63, 3.8) is 0 Å². The number of hydrogen-bond donors (Lipinski definition) is 1. The molecule has 4 heteroatoms. The summed E-state index contributed by atoms with van der Waals surface area (Å²) in [6.07, 6.45) is 2.55. The molecule has 134 valence electrons. The van der Waals surface area contributed by atoms with Crippen LogP contribution in [0.15, 0.2) is 50.6 Å². The monoisotopic (exact) mass is 348 g/mol. The summed E-state index contributed by atoms with van der Waals surface area (Å²) in [5.74, 6) is 0. The van der Waals surface area contributed by atoms with Crippen molar-refractivity contribution in [1.82, 2.24) is 0 Å². The molecule has 0 spiro atoms. The number of aliphatic imine (C=N–C) groups is 1. The highest BCUT2D eigenvalue weighted by Crippen LogP contribution is 2.31. The second-order valence-corrected chi connectivity index (χ2v) is 6.61. The van der Waals surface area contributed by atoms with E-state index in [0.717, 1.165) is 34.3 Å². The summed E-state index contributed by atoms with van der Waals surface area (Å²) < 4.78 is 5.49. The lowest BCUT2D eigenvalue weighted by atomic mass is 10.0. The highest BCUT2D eigenvalue weighted by Gasteiger charge is 2.15. The topological polar surface area (TPSA) is 54.6 Å². The molecule has 0 fully saturated rings. The third-order valence-corrected chi connectivity index (χ3v) is 4.35. The van der Waals surface area contributed by atoms with Gasteiger partial charge in [0.2, 0.25) is 0 Å². The van der Waals surface area contributed by atoms with E-state index in [-0.39, 0.29) is 5.63 Å². The molecule has 2 aromatic carbocycles. The molecule has 3 rings (SSSR count). The Morgan fingerprint density at radius 1 is 1.08 bits per heavy atom. The van der Waals surface area contributed by atoms with Crippen LogP contribution in [0.25, 0.3) is 11.0 Å². The van der Waals surface area contributed by atoms with Crippen molar-refractivity contribution in [1.29, 1.82) is 0 Å². The molecule has 0 amide bonds. The third-order valence-electron chi connectivity index (χ3n) is 4.35. The van der Waals surface area contributed by atoms with Gasteiger partial charge in [0.25, 0.3) is 0 Å². The van der Waals surface area contributed by atoms with E-state index >= 15 is 0 Å². The van der Waals surface area contributed by atoms with Gasteiger partial charge in [0.1, 0.15) is 11.1 Å². The zero-order valence-corrected chi connectivity index (χ0v) is 15.7. The van der Waals surface area contributed by atoms with E-state index in [2.05, 4.69) is 50.1 Å². The summed E-state index contributed by atoms with van der Waals surface area (Å²) >= 11 is 0. The highest BCUT2D eigenvalue weighted by molar-refractivity contribution is 6.02. The predicted octanol–water partition coefficient (Wildman–Crippen LogP) is 5.29. The Morgan fingerprint density at radius 2 is 1.77 bits per heavy atom. The molecule has 1 heterocycles. The molecule has 1 aromatic heterocycles. The normalized spacial score (nSPS) is 11.4. The van der Waals surface area contributed by atoms with Gasteiger partial charge in [0.05, 0.1) is 5.69 Å². The van der Waals surface area contributed by atoms with Crippen LogP contribution < -0.4 is 10.9 Å². The van der Waals surface area contributed by atoms with Gasteiger partial charge in [0.15, 0.2) is 0 Å². The second-order valence-electron chi connectivity index (χ2n) is 6.61. The highest BCUT2D eigenvalue weighted by atomic mass is 16.4. The minimum Gasteiger partial charge on any atom is -0.422 e. The summed E-state index contributed by atoms with van der Waals surface area (Å²) in [5, 5.41) is 4.36. The zero-order valence-electron chi connectivity index (χ0n) is 15.7. The Kier molecular flexibility index (Phi) is 5.21. The third kappa shape index (κ3) is 3.54. The summed E-state index contributed by atoms with van der Waals surface area (Å²) in [6, 6.07) is 11.8. The van der Waals surface area contributed by atoms with Gasteiger partial charge < -0.3 is 9.73 Å². The van der Waals surface area contributed by atoms with Crippen molar-refractivity contribution in [3.8, 4) is 0 Å². The van der Waals surface area contributed by atoms with Gasteiger partial charge in [-0.2, -0.15) is 0 Å². The van der Waals surface area contributed by atoms with E-state index in [1.807, 2.05) is 24.3 Å². The number of benzene rings is 2. The van der Waals surface area contributed by atoms with E-state index in [4.69, 9.17) is 4.42 Å². The fourth-order valence-corrected chi connectivity index (χ4v) is 3.20. The van der Waals surface area contributed by atoms with E-state index in [1.54, 1.807) is 6.21 Å². The van der Waals surface area contributed by atoms with Crippen LogP contribution in [0.2, 0.25) is 0 Å². The molecular formula is C22H24N2O2. The van der Waals surface area contributed by atoms with Crippen LogP contribution in [0.5, 0.6) is 0 Å². The summed E-state index contributed by atoms with van der Waals surface area (Å²) in [6.45, 7) is 8.95. The first-order chi connectivity index (χ1) is 12.5. The van der Waals surface area contributed by atoms with Crippen molar-refractivity contribution in [2.24, 2.45) is 4.99 Å². The number of para-hydroxylation sites is 1. The van der Waals surface area contributed by atoms with Gasteiger partial charge >= 0.3 is 5.63 Å². The molecule has 0 saturated carbocycles. The Morgan fingerprint density at radius 3 is 2.46 bits per heavy atom. The van der Waals surface area contributed by atoms with Gasteiger partial charge in [-0.3, -0.25) is 4.99 Å². The largest absolute Gasteiger partial charge is 0.422 e. The zero-order chi connectivity index (χ0) is 18.7. The average Bonchev–Trinajstić information content (AvgIpc) is 2.59. The molecule has 0 saturated heterocycles. The summed E-state index contributed by atoms with van der Waals surface area (Å²) in [7, 11) is 0.